The molecule has 1 aliphatic heterocycles. The van der Waals surface area contributed by atoms with Gasteiger partial charge in [-0.1, -0.05) is 6.07 Å². The molecule has 2 atom stereocenters. The Balaban J connectivity index is 1.80. The molecule has 0 spiro atoms. The molecule has 3 rings (SSSR count). The van der Waals surface area contributed by atoms with Gasteiger partial charge in [-0.25, -0.2) is 4.68 Å². The highest BCUT2D eigenvalue weighted by atomic mass is 16.3. The molecule has 1 aliphatic rings. The summed E-state index contributed by atoms with van der Waals surface area (Å²) in [7, 11) is 0. The highest BCUT2D eigenvalue weighted by Crippen LogP contribution is 2.15. The van der Waals surface area contributed by atoms with Crippen LogP contribution in [0.1, 0.15) is 10.5 Å². The van der Waals surface area contributed by atoms with Crippen molar-refractivity contribution in [1.29, 1.82) is 0 Å². The van der Waals surface area contributed by atoms with Crippen molar-refractivity contribution in [3.8, 4) is 5.69 Å². The fourth-order valence-corrected chi connectivity index (χ4v) is 2.35. The standard InChI is InChI=1S/C14H16N4O3/c15-9-2-1-3-10(6-9)18-5-4-11(16-18)14(21)17-7-12(19)13(20)8-17/h1-6,12-13,19-20H,7-8,15H2. The van der Waals surface area contributed by atoms with E-state index in [0.717, 1.165) is 5.69 Å². The zero-order chi connectivity index (χ0) is 15.0. The largest absolute Gasteiger partial charge is 0.399 e. The Kier molecular flexibility index (Phi) is 3.36. The van der Waals surface area contributed by atoms with Crippen molar-refractivity contribution < 1.29 is 15.0 Å². The van der Waals surface area contributed by atoms with Gasteiger partial charge in [0.2, 0.25) is 0 Å². The molecule has 1 aromatic carbocycles. The van der Waals surface area contributed by atoms with Crippen molar-refractivity contribution >= 4 is 11.6 Å². The summed E-state index contributed by atoms with van der Waals surface area (Å²) in [6.45, 7) is 0.232. The molecule has 110 valence electrons. The number of nitrogens with zero attached hydrogens (tertiary/aromatic N) is 3. The second-order valence-electron chi connectivity index (χ2n) is 5.09. The zero-order valence-corrected chi connectivity index (χ0v) is 11.3. The Morgan fingerprint density at radius 1 is 1.24 bits per heavy atom. The number of hydrogen-bond donors (Lipinski definition) is 3. The number of nitrogen functional groups attached to an aromatic ring is 1. The number of carbonyl (C=O) groups excluding carboxylic acids is 1. The van der Waals surface area contributed by atoms with Crippen LogP contribution >= 0.6 is 0 Å². The molecule has 7 heteroatoms. The van der Waals surface area contributed by atoms with Gasteiger partial charge in [0.15, 0.2) is 5.69 Å². The normalized spacial score (nSPS) is 21.7. The van der Waals surface area contributed by atoms with Gasteiger partial charge in [-0.15, -0.1) is 0 Å². The van der Waals surface area contributed by atoms with Crippen molar-refractivity contribution in [2.75, 3.05) is 18.8 Å². The van der Waals surface area contributed by atoms with Crippen LogP contribution in [0.3, 0.4) is 0 Å². The highest BCUT2D eigenvalue weighted by molar-refractivity contribution is 5.92. The number of aliphatic hydroxyl groups excluding tert-OH is 2. The van der Waals surface area contributed by atoms with Gasteiger partial charge < -0.3 is 20.8 Å². The number of carbonyl (C=O) groups is 1. The van der Waals surface area contributed by atoms with Gasteiger partial charge >= 0.3 is 0 Å². The maximum absolute atomic E-state index is 12.3. The van der Waals surface area contributed by atoms with Gasteiger partial charge in [0.1, 0.15) is 0 Å². The molecule has 0 radical (unpaired) electrons. The number of rotatable bonds is 2. The van der Waals surface area contributed by atoms with Crippen molar-refractivity contribution in [2.24, 2.45) is 0 Å². The number of amides is 1. The molecular weight excluding hydrogens is 272 g/mol. The highest BCUT2D eigenvalue weighted by Gasteiger charge is 2.33. The van der Waals surface area contributed by atoms with Crippen LogP contribution in [-0.2, 0) is 0 Å². The van der Waals surface area contributed by atoms with E-state index in [9.17, 15) is 15.0 Å². The van der Waals surface area contributed by atoms with Crippen LogP contribution < -0.4 is 5.73 Å². The molecule has 2 unspecified atom stereocenters. The average Bonchev–Trinajstić information content (AvgIpc) is 3.06. The maximum atomic E-state index is 12.3. The molecule has 0 saturated carbocycles. The summed E-state index contributed by atoms with van der Waals surface area (Å²) in [6, 6.07) is 8.77. The van der Waals surface area contributed by atoms with Crippen LogP contribution in [0.25, 0.3) is 5.69 Å². The molecule has 1 aromatic heterocycles. The topological polar surface area (TPSA) is 105 Å². The Labute approximate surface area is 121 Å². The second-order valence-corrected chi connectivity index (χ2v) is 5.09. The van der Waals surface area contributed by atoms with Crippen molar-refractivity contribution in [3.63, 3.8) is 0 Å². The molecule has 7 nitrogen and oxygen atoms in total. The van der Waals surface area contributed by atoms with E-state index in [1.54, 1.807) is 35.1 Å². The predicted octanol–water partition coefficient (Wildman–Crippen LogP) is -0.368. The number of hydrogen-bond acceptors (Lipinski definition) is 5. The van der Waals surface area contributed by atoms with Crippen LogP contribution in [0, 0.1) is 0 Å². The maximum Gasteiger partial charge on any atom is 0.274 e. The average molecular weight is 288 g/mol. The fraction of sp³-hybridized carbons (Fsp3) is 0.286. The third-order valence-corrected chi connectivity index (χ3v) is 3.49. The fourth-order valence-electron chi connectivity index (χ4n) is 2.35. The Bertz CT molecular complexity index is 660. The Morgan fingerprint density at radius 3 is 2.62 bits per heavy atom. The van der Waals surface area contributed by atoms with Crippen molar-refractivity contribution in [3.05, 3.63) is 42.2 Å². The lowest BCUT2D eigenvalue weighted by atomic mass is 10.3. The van der Waals surface area contributed by atoms with Gasteiger partial charge in [0, 0.05) is 25.0 Å². The quantitative estimate of drug-likeness (QED) is 0.654. The minimum absolute atomic E-state index is 0.116. The van der Waals surface area contributed by atoms with E-state index in [4.69, 9.17) is 5.73 Å². The second kappa shape index (κ2) is 5.19. The molecule has 4 N–H and O–H groups in total. The molecule has 2 heterocycles. The number of nitrogens with two attached hydrogens (primary N) is 1. The summed E-state index contributed by atoms with van der Waals surface area (Å²) < 4.78 is 1.56. The number of benzene rings is 1. The van der Waals surface area contributed by atoms with E-state index in [0.29, 0.717) is 5.69 Å². The molecule has 2 aromatic rings. The minimum atomic E-state index is -0.898. The summed E-state index contributed by atoms with van der Waals surface area (Å²) in [6.07, 6.45) is -0.125. The van der Waals surface area contributed by atoms with E-state index in [1.165, 1.54) is 4.90 Å². The Morgan fingerprint density at radius 2 is 1.95 bits per heavy atom. The minimum Gasteiger partial charge on any atom is -0.399 e. The number of likely N-dealkylation sites (tertiary alicyclic amines) is 1. The van der Waals surface area contributed by atoms with Gasteiger partial charge in [0.05, 0.1) is 17.9 Å². The molecule has 0 aliphatic carbocycles. The van der Waals surface area contributed by atoms with Gasteiger partial charge in [0.25, 0.3) is 5.91 Å². The summed E-state index contributed by atoms with van der Waals surface area (Å²) in [5.74, 6) is -0.312. The van der Waals surface area contributed by atoms with E-state index < -0.39 is 12.2 Å². The van der Waals surface area contributed by atoms with Gasteiger partial charge in [-0.2, -0.15) is 5.10 Å². The molecule has 1 fully saturated rings. The van der Waals surface area contributed by atoms with E-state index in [2.05, 4.69) is 5.10 Å². The monoisotopic (exact) mass is 288 g/mol. The third kappa shape index (κ3) is 2.61. The number of aromatic nitrogens is 2. The van der Waals surface area contributed by atoms with E-state index >= 15 is 0 Å². The predicted molar refractivity (Wildman–Crippen MR) is 75.9 cm³/mol. The first-order chi connectivity index (χ1) is 10.0. The van der Waals surface area contributed by atoms with Crippen LogP contribution in [0.15, 0.2) is 36.5 Å². The number of aliphatic hydroxyl groups is 2. The summed E-state index contributed by atoms with van der Waals surface area (Å²) in [4.78, 5) is 13.6. The lowest BCUT2D eigenvalue weighted by Crippen LogP contribution is -2.30. The number of β-amino-alcohol motifs (C(OH)–C–C–N with tert-alkyl or cyclic N) is 2. The van der Waals surface area contributed by atoms with Crippen LogP contribution in [-0.4, -0.2) is 56.1 Å². The van der Waals surface area contributed by atoms with Gasteiger partial charge in [-0.3, -0.25) is 4.79 Å². The SMILES string of the molecule is Nc1cccc(-n2ccc(C(=O)N3CC(O)C(O)C3)n2)c1. The molecule has 0 bridgehead atoms. The lowest BCUT2D eigenvalue weighted by molar-refractivity contribution is 0.0572. The zero-order valence-electron chi connectivity index (χ0n) is 11.3. The van der Waals surface area contributed by atoms with Crippen LogP contribution in [0.4, 0.5) is 5.69 Å². The van der Waals surface area contributed by atoms with E-state index in [1.807, 2.05) is 6.07 Å². The lowest BCUT2D eigenvalue weighted by Gasteiger charge is -2.13. The summed E-state index contributed by atoms with van der Waals surface area (Å²) in [5, 5.41) is 23.2. The molecule has 1 amide bonds. The summed E-state index contributed by atoms with van der Waals surface area (Å²) >= 11 is 0. The summed E-state index contributed by atoms with van der Waals surface area (Å²) in [5.41, 5.74) is 7.36. The molecule has 1 saturated heterocycles. The van der Waals surface area contributed by atoms with Crippen molar-refractivity contribution in [2.45, 2.75) is 12.2 Å². The van der Waals surface area contributed by atoms with Crippen LogP contribution in [0.5, 0.6) is 0 Å². The first-order valence-corrected chi connectivity index (χ1v) is 6.61. The van der Waals surface area contributed by atoms with E-state index in [-0.39, 0.29) is 24.7 Å². The molecule has 21 heavy (non-hydrogen) atoms. The number of anilines is 1. The first kappa shape index (κ1) is 13.6. The van der Waals surface area contributed by atoms with Gasteiger partial charge in [-0.05, 0) is 24.3 Å². The first-order valence-electron chi connectivity index (χ1n) is 6.61. The Hall–Kier alpha value is -2.38. The smallest absolute Gasteiger partial charge is 0.274 e. The third-order valence-electron chi connectivity index (χ3n) is 3.49. The molecular formula is C14H16N4O3. The van der Waals surface area contributed by atoms with Crippen molar-refractivity contribution in [1.82, 2.24) is 14.7 Å². The van der Waals surface area contributed by atoms with Crippen LogP contribution in [0.2, 0.25) is 0 Å².